The highest BCUT2D eigenvalue weighted by Gasteiger charge is 2.48. The third-order valence-corrected chi connectivity index (χ3v) is 8.77. The van der Waals surface area contributed by atoms with Crippen LogP contribution in [0.2, 0.25) is 0 Å². The lowest BCUT2D eigenvalue weighted by molar-refractivity contribution is -0.135. The molecular weight excluding hydrogens is 446 g/mol. The number of amides is 2. The predicted octanol–water partition coefficient (Wildman–Crippen LogP) is 1.27. The second kappa shape index (κ2) is 8.87. The van der Waals surface area contributed by atoms with Crippen LogP contribution in [-0.2, 0) is 21.4 Å². The molecule has 1 aromatic carbocycles. The number of para-hydroxylation sites is 1. The van der Waals surface area contributed by atoms with Crippen molar-refractivity contribution in [2.45, 2.75) is 56.6 Å². The first-order valence-corrected chi connectivity index (χ1v) is 13.0. The van der Waals surface area contributed by atoms with Gasteiger partial charge in [-0.15, -0.1) is 0 Å². The van der Waals surface area contributed by atoms with E-state index in [-0.39, 0.29) is 18.0 Å². The number of carbonyl (C=O) groups is 2. The second-order valence-corrected chi connectivity index (χ2v) is 11.0. The van der Waals surface area contributed by atoms with Crippen molar-refractivity contribution in [3.63, 3.8) is 0 Å². The van der Waals surface area contributed by atoms with Gasteiger partial charge in [-0.3, -0.25) is 24.0 Å². The number of nitrogens with one attached hydrogen (secondary N) is 2. The number of aromatic nitrogens is 2. The maximum absolute atomic E-state index is 13.2. The van der Waals surface area contributed by atoms with Crippen LogP contribution in [0.15, 0.2) is 23.0 Å². The Kier molecular flexibility index (Phi) is 5.81. The van der Waals surface area contributed by atoms with Crippen molar-refractivity contribution < 1.29 is 14.3 Å². The van der Waals surface area contributed by atoms with Crippen LogP contribution in [0.5, 0.6) is 0 Å². The summed E-state index contributed by atoms with van der Waals surface area (Å²) in [6.07, 6.45) is 5.55. The SMILES string of the molecule is Cn1c(=O)n(C2CCC(=O)NC2=O)c2cccc(C3CCN(CCOC4CC5(CNC5)C4)CC3)c21. The molecule has 1 spiro atoms. The van der Waals surface area contributed by atoms with Gasteiger partial charge in [0.1, 0.15) is 6.04 Å². The molecule has 2 amide bonds. The zero-order chi connectivity index (χ0) is 24.2. The minimum Gasteiger partial charge on any atom is -0.377 e. The van der Waals surface area contributed by atoms with Gasteiger partial charge < -0.3 is 15.0 Å². The van der Waals surface area contributed by atoms with Crippen molar-refractivity contribution in [2.24, 2.45) is 12.5 Å². The number of carbonyl (C=O) groups excluding carboxylic acids is 2. The van der Waals surface area contributed by atoms with E-state index in [1.807, 2.05) is 12.1 Å². The first-order chi connectivity index (χ1) is 16.9. The number of piperidine rings is 2. The Balaban J connectivity index is 1.11. The number of likely N-dealkylation sites (tertiary alicyclic amines) is 1. The summed E-state index contributed by atoms with van der Waals surface area (Å²) in [5.74, 6) is -0.292. The number of rotatable bonds is 6. The van der Waals surface area contributed by atoms with Crippen LogP contribution in [0, 0.1) is 5.41 Å². The summed E-state index contributed by atoms with van der Waals surface area (Å²) < 4.78 is 9.38. The average Bonchev–Trinajstić information content (AvgIpc) is 3.05. The molecule has 9 nitrogen and oxygen atoms in total. The van der Waals surface area contributed by atoms with Crippen LogP contribution < -0.4 is 16.3 Å². The summed E-state index contributed by atoms with van der Waals surface area (Å²) >= 11 is 0. The van der Waals surface area contributed by atoms with Crippen LogP contribution in [0.1, 0.15) is 56.0 Å². The zero-order valence-electron chi connectivity index (χ0n) is 20.4. The average molecular weight is 482 g/mol. The summed E-state index contributed by atoms with van der Waals surface area (Å²) in [5, 5.41) is 5.76. The number of imide groups is 1. The highest BCUT2D eigenvalue weighted by Crippen LogP contribution is 2.45. The molecule has 1 aromatic heterocycles. The van der Waals surface area contributed by atoms with E-state index in [0.29, 0.717) is 23.9 Å². The summed E-state index contributed by atoms with van der Waals surface area (Å²) in [6, 6.07) is 5.39. The zero-order valence-corrected chi connectivity index (χ0v) is 20.4. The van der Waals surface area contributed by atoms with E-state index < -0.39 is 11.9 Å². The van der Waals surface area contributed by atoms with Gasteiger partial charge in [0.25, 0.3) is 0 Å². The molecule has 1 atom stereocenters. The molecule has 35 heavy (non-hydrogen) atoms. The minimum atomic E-state index is -0.646. The lowest BCUT2D eigenvalue weighted by atomic mass is 9.63. The molecule has 1 saturated carbocycles. The molecule has 6 rings (SSSR count). The number of hydrogen-bond donors (Lipinski definition) is 2. The van der Waals surface area contributed by atoms with Gasteiger partial charge in [-0.2, -0.15) is 0 Å². The first-order valence-electron chi connectivity index (χ1n) is 13.0. The number of ether oxygens (including phenoxy) is 1. The van der Waals surface area contributed by atoms with E-state index in [4.69, 9.17) is 4.74 Å². The van der Waals surface area contributed by atoms with E-state index in [1.165, 1.54) is 18.4 Å². The third kappa shape index (κ3) is 4.03. The number of fused-ring (bicyclic) bond motifs is 1. The highest BCUT2D eigenvalue weighted by atomic mass is 16.5. The third-order valence-electron chi connectivity index (χ3n) is 8.77. The van der Waals surface area contributed by atoms with Crippen molar-refractivity contribution in [3.05, 3.63) is 34.2 Å². The standard InChI is InChI=1S/C26H35N5O4/c1-29-23-19(3-2-4-20(23)31(25(29)34)21-5-6-22(32)28-24(21)33)17-7-9-30(10-8-17)11-12-35-18-13-26(14-18)15-27-16-26/h2-4,17-18,21,27H,5-16H2,1H3,(H,28,32,33). The molecule has 0 bridgehead atoms. The Bertz CT molecular complexity index is 1200. The van der Waals surface area contributed by atoms with Crippen molar-refractivity contribution in [1.29, 1.82) is 0 Å². The maximum atomic E-state index is 13.2. The van der Waals surface area contributed by atoms with E-state index >= 15 is 0 Å². The van der Waals surface area contributed by atoms with Crippen molar-refractivity contribution in [3.8, 4) is 0 Å². The highest BCUT2D eigenvalue weighted by molar-refractivity contribution is 6.00. The Labute approximate surface area is 204 Å². The second-order valence-electron chi connectivity index (χ2n) is 11.0. The molecular formula is C26H35N5O4. The molecule has 4 fully saturated rings. The first kappa shape index (κ1) is 22.9. The molecule has 4 aliphatic rings. The fourth-order valence-electron chi connectivity index (χ4n) is 6.64. The van der Waals surface area contributed by atoms with Crippen LogP contribution in [0.25, 0.3) is 11.0 Å². The summed E-state index contributed by atoms with van der Waals surface area (Å²) in [4.78, 5) is 39.8. The van der Waals surface area contributed by atoms with Gasteiger partial charge >= 0.3 is 5.69 Å². The Morgan fingerprint density at radius 3 is 2.54 bits per heavy atom. The van der Waals surface area contributed by atoms with Gasteiger partial charge in [-0.25, -0.2) is 4.79 Å². The quantitative estimate of drug-likeness (QED) is 0.603. The Hall–Kier alpha value is -2.49. The smallest absolute Gasteiger partial charge is 0.329 e. The Morgan fingerprint density at radius 2 is 1.86 bits per heavy atom. The summed E-state index contributed by atoms with van der Waals surface area (Å²) in [7, 11) is 1.78. The predicted molar refractivity (Wildman–Crippen MR) is 131 cm³/mol. The van der Waals surface area contributed by atoms with Crippen LogP contribution in [0.4, 0.5) is 0 Å². The van der Waals surface area contributed by atoms with Gasteiger partial charge in [0, 0.05) is 38.5 Å². The molecule has 0 radical (unpaired) electrons. The monoisotopic (exact) mass is 481 g/mol. The molecule has 1 aliphatic carbocycles. The summed E-state index contributed by atoms with van der Waals surface area (Å²) in [6.45, 7) is 6.14. The molecule has 1 unspecified atom stereocenters. The number of benzene rings is 1. The molecule has 9 heteroatoms. The molecule has 3 saturated heterocycles. The molecule has 2 N–H and O–H groups in total. The van der Waals surface area contributed by atoms with Crippen LogP contribution in [-0.4, -0.2) is 71.3 Å². The molecule has 2 aromatic rings. The minimum absolute atomic E-state index is 0.202. The van der Waals surface area contributed by atoms with Gasteiger partial charge in [0.2, 0.25) is 11.8 Å². The van der Waals surface area contributed by atoms with Crippen LogP contribution in [0.3, 0.4) is 0 Å². The van der Waals surface area contributed by atoms with Crippen molar-refractivity contribution >= 4 is 22.8 Å². The van der Waals surface area contributed by atoms with E-state index in [9.17, 15) is 14.4 Å². The lowest BCUT2D eigenvalue weighted by Crippen LogP contribution is -2.62. The van der Waals surface area contributed by atoms with Gasteiger partial charge in [-0.05, 0) is 62.7 Å². The lowest BCUT2D eigenvalue weighted by Gasteiger charge is -2.54. The molecule has 4 heterocycles. The fourth-order valence-corrected chi connectivity index (χ4v) is 6.64. The molecule has 188 valence electrons. The van der Waals surface area contributed by atoms with Gasteiger partial charge in [0.05, 0.1) is 23.7 Å². The maximum Gasteiger partial charge on any atom is 0.329 e. The fraction of sp³-hybridized carbons (Fsp3) is 0.654. The number of hydrogen-bond acceptors (Lipinski definition) is 6. The number of nitrogens with zero attached hydrogens (tertiary/aromatic N) is 3. The largest absolute Gasteiger partial charge is 0.377 e. The number of imidazole rings is 1. The molecule has 3 aliphatic heterocycles. The topological polar surface area (TPSA) is 97.6 Å². The normalized spacial score (nSPS) is 25.6. The van der Waals surface area contributed by atoms with E-state index in [0.717, 1.165) is 63.2 Å². The van der Waals surface area contributed by atoms with Gasteiger partial charge in [0.15, 0.2) is 0 Å². The van der Waals surface area contributed by atoms with Crippen molar-refractivity contribution in [1.82, 2.24) is 24.7 Å². The Morgan fingerprint density at radius 1 is 1.09 bits per heavy atom. The van der Waals surface area contributed by atoms with Crippen molar-refractivity contribution in [2.75, 3.05) is 39.3 Å². The summed E-state index contributed by atoms with van der Waals surface area (Å²) in [5.41, 5.74) is 3.22. The van der Waals surface area contributed by atoms with Crippen LogP contribution >= 0.6 is 0 Å². The van der Waals surface area contributed by atoms with Gasteiger partial charge in [-0.1, -0.05) is 12.1 Å². The van der Waals surface area contributed by atoms with E-state index in [1.54, 1.807) is 16.2 Å². The number of aryl methyl sites for hydroxylation is 1. The van der Waals surface area contributed by atoms with E-state index in [2.05, 4.69) is 21.6 Å².